The number of nitrogens with one attached hydrogen (secondary N) is 1. The molecular formula is C25H24N2O2. The number of methoxy groups -OCH3 is 1. The zero-order valence-corrected chi connectivity index (χ0v) is 16.6. The number of para-hydroxylation sites is 1. The number of amides is 1. The van der Waals surface area contributed by atoms with E-state index in [0.29, 0.717) is 0 Å². The molecule has 0 aliphatic carbocycles. The van der Waals surface area contributed by atoms with Crippen molar-refractivity contribution >= 4 is 11.6 Å². The number of nitrogens with zero attached hydrogens (tertiary/aromatic N) is 1. The average molecular weight is 384 g/mol. The van der Waals surface area contributed by atoms with Crippen LogP contribution in [-0.4, -0.2) is 20.1 Å². The number of benzene rings is 3. The van der Waals surface area contributed by atoms with Gasteiger partial charge in [-0.1, -0.05) is 60.7 Å². The molecule has 0 radical (unpaired) electrons. The van der Waals surface area contributed by atoms with E-state index in [1.807, 2.05) is 60.5 Å². The Balaban J connectivity index is 1.65. The molecule has 0 bridgehead atoms. The first-order valence-electron chi connectivity index (χ1n) is 9.98. The van der Waals surface area contributed by atoms with Crippen molar-refractivity contribution in [1.29, 1.82) is 0 Å². The number of carbonyl (C=O) groups excluding carboxylic acids is 1. The van der Waals surface area contributed by atoms with Gasteiger partial charge >= 0.3 is 0 Å². The van der Waals surface area contributed by atoms with E-state index >= 15 is 0 Å². The van der Waals surface area contributed by atoms with E-state index in [4.69, 9.17) is 4.74 Å². The maximum Gasteiger partial charge on any atom is 0.239 e. The summed E-state index contributed by atoms with van der Waals surface area (Å²) in [4.78, 5) is 15.5. The SMILES string of the molecule is COc1ccc([C@H]2C[C@@]3(C(=O)N(C)c4ccccc43)[C@@H](c3ccccc3)N2)cc1. The van der Waals surface area contributed by atoms with Crippen LogP contribution >= 0.6 is 0 Å². The molecule has 2 heterocycles. The average Bonchev–Trinajstić information content (AvgIpc) is 3.28. The van der Waals surface area contributed by atoms with Crippen LogP contribution < -0.4 is 15.0 Å². The molecule has 2 aliphatic heterocycles. The molecule has 1 spiro atoms. The molecule has 1 N–H and O–H groups in total. The minimum absolute atomic E-state index is 0.0784. The van der Waals surface area contributed by atoms with Gasteiger partial charge in [0.2, 0.25) is 5.91 Å². The number of anilines is 1. The Morgan fingerprint density at radius 2 is 1.62 bits per heavy atom. The fourth-order valence-electron chi connectivity index (χ4n) is 5.06. The molecule has 0 saturated carbocycles. The molecule has 1 saturated heterocycles. The second kappa shape index (κ2) is 6.75. The van der Waals surface area contributed by atoms with Crippen LogP contribution in [0.1, 0.15) is 35.2 Å². The summed E-state index contributed by atoms with van der Waals surface area (Å²) in [6.07, 6.45) is 0.721. The van der Waals surface area contributed by atoms with Crippen LogP contribution in [0.3, 0.4) is 0 Å². The van der Waals surface area contributed by atoms with E-state index in [1.54, 1.807) is 7.11 Å². The predicted molar refractivity (Wildman–Crippen MR) is 114 cm³/mol. The first kappa shape index (κ1) is 18.0. The minimum atomic E-state index is -0.614. The molecule has 3 aromatic carbocycles. The third-order valence-electron chi connectivity index (χ3n) is 6.47. The summed E-state index contributed by atoms with van der Waals surface area (Å²) in [5, 5.41) is 3.80. The highest BCUT2D eigenvalue weighted by Gasteiger charge is 2.59. The fraction of sp³-hybridized carbons (Fsp3) is 0.240. The van der Waals surface area contributed by atoms with Crippen molar-refractivity contribution in [3.63, 3.8) is 0 Å². The van der Waals surface area contributed by atoms with Gasteiger partial charge in [-0.15, -0.1) is 0 Å². The van der Waals surface area contributed by atoms with Gasteiger partial charge in [0.15, 0.2) is 0 Å². The van der Waals surface area contributed by atoms with Crippen molar-refractivity contribution < 1.29 is 9.53 Å². The van der Waals surface area contributed by atoms with Crippen LogP contribution in [-0.2, 0) is 10.2 Å². The number of rotatable bonds is 3. The van der Waals surface area contributed by atoms with Crippen LogP contribution in [0.25, 0.3) is 0 Å². The smallest absolute Gasteiger partial charge is 0.239 e. The van der Waals surface area contributed by atoms with Gasteiger partial charge in [-0.05, 0) is 41.3 Å². The van der Waals surface area contributed by atoms with Gasteiger partial charge in [0.25, 0.3) is 0 Å². The second-order valence-corrected chi connectivity index (χ2v) is 7.89. The molecule has 5 rings (SSSR count). The van der Waals surface area contributed by atoms with Crippen LogP contribution in [0.15, 0.2) is 78.9 Å². The number of likely N-dealkylation sites (N-methyl/N-ethyl adjacent to an activating group) is 1. The van der Waals surface area contributed by atoms with Crippen molar-refractivity contribution in [3.05, 3.63) is 95.6 Å². The molecule has 0 unspecified atom stereocenters. The maximum atomic E-state index is 13.7. The number of ether oxygens (including phenoxy) is 1. The van der Waals surface area contributed by atoms with E-state index in [2.05, 4.69) is 35.6 Å². The first-order valence-corrected chi connectivity index (χ1v) is 9.98. The lowest BCUT2D eigenvalue weighted by atomic mass is 9.72. The number of fused-ring (bicyclic) bond motifs is 2. The lowest BCUT2D eigenvalue weighted by molar-refractivity contribution is -0.123. The van der Waals surface area contributed by atoms with Gasteiger partial charge in [0.05, 0.1) is 18.6 Å². The quantitative estimate of drug-likeness (QED) is 0.728. The lowest BCUT2D eigenvalue weighted by Crippen LogP contribution is -2.42. The summed E-state index contributed by atoms with van der Waals surface area (Å²) in [7, 11) is 3.56. The molecule has 146 valence electrons. The number of hydrogen-bond acceptors (Lipinski definition) is 3. The normalized spacial score (nSPS) is 25.4. The van der Waals surface area contributed by atoms with Crippen molar-refractivity contribution in [3.8, 4) is 5.75 Å². The monoisotopic (exact) mass is 384 g/mol. The lowest BCUT2D eigenvalue weighted by Gasteiger charge is -2.30. The second-order valence-electron chi connectivity index (χ2n) is 7.89. The summed E-state index contributed by atoms with van der Waals surface area (Å²) in [6.45, 7) is 0. The summed E-state index contributed by atoms with van der Waals surface area (Å²) >= 11 is 0. The van der Waals surface area contributed by atoms with E-state index in [-0.39, 0.29) is 18.0 Å². The van der Waals surface area contributed by atoms with E-state index < -0.39 is 5.41 Å². The molecule has 4 nitrogen and oxygen atoms in total. The van der Waals surface area contributed by atoms with Crippen LogP contribution in [0.2, 0.25) is 0 Å². The van der Waals surface area contributed by atoms with E-state index in [1.165, 1.54) is 5.56 Å². The molecule has 1 fully saturated rings. The largest absolute Gasteiger partial charge is 0.497 e. The molecule has 1 amide bonds. The Morgan fingerprint density at radius 3 is 2.34 bits per heavy atom. The van der Waals surface area contributed by atoms with Crippen molar-refractivity contribution in [2.45, 2.75) is 23.9 Å². The molecular weight excluding hydrogens is 360 g/mol. The third-order valence-corrected chi connectivity index (χ3v) is 6.47. The Morgan fingerprint density at radius 1 is 0.931 bits per heavy atom. The summed E-state index contributed by atoms with van der Waals surface area (Å²) in [6, 6.07) is 26.7. The van der Waals surface area contributed by atoms with Gasteiger partial charge in [-0.2, -0.15) is 0 Å². The van der Waals surface area contributed by atoms with Crippen LogP contribution in [0, 0.1) is 0 Å². The Hall–Kier alpha value is -3.11. The van der Waals surface area contributed by atoms with Crippen LogP contribution in [0.5, 0.6) is 5.75 Å². The fourth-order valence-corrected chi connectivity index (χ4v) is 5.06. The summed E-state index contributed by atoms with van der Waals surface area (Å²) in [5.41, 5.74) is 3.82. The van der Waals surface area contributed by atoms with Gasteiger partial charge in [0.1, 0.15) is 5.75 Å². The highest BCUT2D eigenvalue weighted by molar-refractivity contribution is 6.08. The van der Waals surface area contributed by atoms with Gasteiger partial charge in [-0.3, -0.25) is 4.79 Å². The van der Waals surface area contributed by atoms with E-state index in [9.17, 15) is 4.79 Å². The molecule has 3 atom stereocenters. The standard InChI is InChI=1S/C25H24N2O2/c1-27-22-11-7-6-10-20(22)25(24(27)28)16-21(17-12-14-19(29-2)15-13-17)26-23(25)18-8-4-3-5-9-18/h3-15,21,23,26H,16H2,1-2H3/t21-,23-,25+/m1/s1. The Kier molecular flexibility index (Phi) is 4.18. The topological polar surface area (TPSA) is 41.6 Å². The Labute approximate surface area is 171 Å². The minimum Gasteiger partial charge on any atom is -0.497 e. The maximum absolute atomic E-state index is 13.7. The molecule has 3 aromatic rings. The highest BCUT2D eigenvalue weighted by Crippen LogP contribution is 2.56. The summed E-state index contributed by atoms with van der Waals surface area (Å²) in [5.74, 6) is 0.999. The van der Waals surface area contributed by atoms with Gasteiger partial charge in [0, 0.05) is 18.8 Å². The van der Waals surface area contributed by atoms with Crippen molar-refractivity contribution in [1.82, 2.24) is 5.32 Å². The van der Waals surface area contributed by atoms with Crippen molar-refractivity contribution in [2.75, 3.05) is 19.1 Å². The third kappa shape index (κ3) is 2.60. The molecule has 4 heteroatoms. The molecule has 0 aromatic heterocycles. The predicted octanol–water partition coefficient (Wildman–Crippen LogP) is 4.39. The molecule has 2 aliphatic rings. The van der Waals surface area contributed by atoms with Crippen LogP contribution in [0.4, 0.5) is 5.69 Å². The van der Waals surface area contributed by atoms with E-state index in [0.717, 1.165) is 29.0 Å². The van der Waals surface area contributed by atoms with Gasteiger partial charge in [-0.25, -0.2) is 0 Å². The number of carbonyl (C=O) groups is 1. The zero-order chi connectivity index (χ0) is 20.0. The summed E-state index contributed by atoms with van der Waals surface area (Å²) < 4.78 is 5.31. The highest BCUT2D eigenvalue weighted by atomic mass is 16.5. The number of hydrogen-bond donors (Lipinski definition) is 1. The zero-order valence-electron chi connectivity index (χ0n) is 16.6. The first-order chi connectivity index (χ1) is 14.1. The van der Waals surface area contributed by atoms with Crippen molar-refractivity contribution in [2.24, 2.45) is 0 Å². The van der Waals surface area contributed by atoms with Gasteiger partial charge < -0.3 is 15.0 Å². The molecule has 29 heavy (non-hydrogen) atoms. The Bertz CT molecular complexity index is 1050.